The highest BCUT2D eigenvalue weighted by Gasteiger charge is 2.23. The Morgan fingerprint density at radius 2 is 0.873 bits per heavy atom. The minimum Gasteiger partial charge on any atom is -0.309 e. The summed E-state index contributed by atoms with van der Waals surface area (Å²) in [6, 6.07) is 66.0. The summed E-state index contributed by atoms with van der Waals surface area (Å²) in [5.41, 5.74) is 12.3. The summed E-state index contributed by atoms with van der Waals surface area (Å²) in [7, 11) is 0. The number of para-hydroxylation sites is 6. The van der Waals surface area contributed by atoms with Gasteiger partial charge in [0.1, 0.15) is 6.07 Å². The van der Waals surface area contributed by atoms with Gasteiger partial charge in [0, 0.05) is 49.1 Å². The van der Waals surface area contributed by atoms with Crippen molar-refractivity contribution < 1.29 is 0 Å². The summed E-state index contributed by atoms with van der Waals surface area (Å²) in [5, 5.41) is 27.5. The molecule has 0 atom stereocenters. The van der Waals surface area contributed by atoms with E-state index in [4.69, 9.17) is 0 Å². The Morgan fingerprint density at radius 1 is 0.345 bits per heavy atom. The zero-order valence-electron chi connectivity index (χ0n) is 29.5. The molecule has 0 fully saturated rings. The fourth-order valence-electron chi connectivity index (χ4n) is 8.83. The highest BCUT2D eigenvalue weighted by molar-refractivity contribution is 6.13. The van der Waals surface area contributed by atoms with Crippen molar-refractivity contribution in [2.75, 3.05) is 0 Å². The van der Waals surface area contributed by atoms with E-state index in [2.05, 4.69) is 159 Å². The van der Waals surface area contributed by atoms with Gasteiger partial charge in [-0.1, -0.05) is 109 Å². The minimum atomic E-state index is 0.551. The normalized spacial score (nSPS) is 11.6. The van der Waals surface area contributed by atoms with Gasteiger partial charge in [0.2, 0.25) is 0 Å². The topological polar surface area (TPSA) is 62.4 Å². The molecule has 5 nitrogen and oxygen atoms in total. The number of hydrogen-bond donors (Lipinski definition) is 0. The van der Waals surface area contributed by atoms with Crippen molar-refractivity contribution in [3.63, 3.8) is 0 Å². The lowest BCUT2D eigenvalue weighted by molar-refractivity contribution is 1.15. The Bertz CT molecular complexity index is 3420. The van der Waals surface area contributed by atoms with Gasteiger partial charge in [-0.15, -0.1) is 0 Å². The van der Waals surface area contributed by atoms with Crippen LogP contribution in [0.25, 0.3) is 93.6 Å². The quantitative estimate of drug-likeness (QED) is 0.184. The molecule has 0 spiro atoms. The monoisotopic (exact) mass is 699 g/mol. The van der Waals surface area contributed by atoms with Crippen LogP contribution in [0.3, 0.4) is 0 Å². The lowest BCUT2D eigenvalue weighted by Crippen LogP contribution is -2.03. The fraction of sp³-hybridized carbons (Fsp3) is 0. The minimum absolute atomic E-state index is 0.551. The van der Waals surface area contributed by atoms with Crippen LogP contribution in [0, 0.1) is 22.7 Å². The van der Waals surface area contributed by atoms with E-state index in [0.717, 1.165) is 71.8 Å². The molecule has 0 aliphatic rings. The maximum absolute atomic E-state index is 10.7. The van der Waals surface area contributed by atoms with Gasteiger partial charge >= 0.3 is 0 Å². The van der Waals surface area contributed by atoms with E-state index in [1.54, 1.807) is 0 Å². The first kappa shape index (κ1) is 30.7. The molecule has 254 valence electrons. The average Bonchev–Trinajstić information content (AvgIpc) is 3.88. The van der Waals surface area contributed by atoms with Crippen molar-refractivity contribution in [2.45, 2.75) is 0 Å². The fourth-order valence-corrected chi connectivity index (χ4v) is 8.83. The van der Waals surface area contributed by atoms with Crippen LogP contribution in [-0.2, 0) is 0 Å². The Hall–Kier alpha value is -7.86. The number of hydrogen-bond acceptors (Lipinski definition) is 2. The van der Waals surface area contributed by atoms with Gasteiger partial charge in [-0.05, 0) is 66.7 Å². The van der Waals surface area contributed by atoms with Gasteiger partial charge in [0.15, 0.2) is 0 Å². The van der Waals surface area contributed by atoms with Crippen LogP contribution in [0.1, 0.15) is 11.1 Å². The van der Waals surface area contributed by atoms with Crippen molar-refractivity contribution >= 4 is 65.4 Å². The van der Waals surface area contributed by atoms with E-state index >= 15 is 0 Å². The van der Waals surface area contributed by atoms with E-state index in [1.165, 1.54) is 21.8 Å². The predicted molar refractivity (Wildman–Crippen MR) is 224 cm³/mol. The number of benzene rings is 8. The molecule has 8 aromatic carbocycles. The Morgan fingerprint density at radius 3 is 1.53 bits per heavy atom. The third-order valence-corrected chi connectivity index (χ3v) is 11.1. The van der Waals surface area contributed by atoms with Crippen molar-refractivity contribution in [1.29, 1.82) is 10.5 Å². The molecule has 0 amide bonds. The molecule has 5 heteroatoms. The standard InChI is InChI=1S/C50H29N5/c51-30-32-24-26-40-37-15-3-10-23-47(37)55(49(40)28-32)50-33(31-52)12-11-18-41(50)38-16-4-8-21-45(38)54-46-22-9-5-17-39(46)42-29-34(25-27-48(42)54)53-43-19-6-1-13-35(43)36-14-2-7-20-44(36)53/h1-29H. The molecule has 0 unspecified atom stereocenters. The van der Waals surface area contributed by atoms with Gasteiger partial charge in [-0.3, -0.25) is 0 Å². The molecule has 0 aliphatic heterocycles. The molecule has 3 heterocycles. The van der Waals surface area contributed by atoms with Crippen molar-refractivity contribution in [1.82, 2.24) is 13.7 Å². The highest BCUT2D eigenvalue weighted by atomic mass is 15.0. The van der Waals surface area contributed by atoms with Crippen LogP contribution in [0.2, 0.25) is 0 Å². The lowest BCUT2D eigenvalue weighted by atomic mass is 9.98. The van der Waals surface area contributed by atoms with E-state index in [1.807, 2.05) is 42.5 Å². The van der Waals surface area contributed by atoms with Crippen molar-refractivity contribution in [2.24, 2.45) is 0 Å². The molecule has 0 saturated heterocycles. The number of nitrogens with zero attached hydrogens (tertiary/aromatic N) is 5. The van der Waals surface area contributed by atoms with Gasteiger partial charge < -0.3 is 13.7 Å². The summed E-state index contributed by atoms with van der Waals surface area (Å²) < 4.78 is 6.89. The number of rotatable bonds is 4. The van der Waals surface area contributed by atoms with E-state index < -0.39 is 0 Å². The zero-order valence-corrected chi connectivity index (χ0v) is 29.5. The van der Waals surface area contributed by atoms with Crippen LogP contribution in [0.15, 0.2) is 176 Å². The average molecular weight is 700 g/mol. The van der Waals surface area contributed by atoms with Crippen LogP contribution in [-0.4, -0.2) is 13.7 Å². The summed E-state index contributed by atoms with van der Waals surface area (Å²) in [5.74, 6) is 0. The Labute approximate surface area is 316 Å². The number of nitriles is 2. The van der Waals surface area contributed by atoms with Crippen LogP contribution in [0.4, 0.5) is 0 Å². The van der Waals surface area contributed by atoms with E-state index in [9.17, 15) is 10.5 Å². The molecule has 0 aliphatic carbocycles. The third kappa shape index (κ3) is 4.39. The van der Waals surface area contributed by atoms with Gasteiger partial charge in [0.25, 0.3) is 0 Å². The first-order chi connectivity index (χ1) is 27.2. The second kappa shape index (κ2) is 11.8. The summed E-state index contributed by atoms with van der Waals surface area (Å²) >= 11 is 0. The largest absolute Gasteiger partial charge is 0.309 e. The summed E-state index contributed by atoms with van der Waals surface area (Å²) in [6.45, 7) is 0. The molecule has 55 heavy (non-hydrogen) atoms. The zero-order chi connectivity index (χ0) is 36.6. The summed E-state index contributed by atoms with van der Waals surface area (Å²) in [4.78, 5) is 0. The molecule has 0 saturated carbocycles. The smallest absolute Gasteiger partial charge is 0.101 e. The van der Waals surface area contributed by atoms with Crippen LogP contribution in [0.5, 0.6) is 0 Å². The molecule has 11 aromatic rings. The second-order valence-corrected chi connectivity index (χ2v) is 14.0. The number of fused-ring (bicyclic) bond motifs is 9. The van der Waals surface area contributed by atoms with E-state index in [-0.39, 0.29) is 0 Å². The molecule has 3 aromatic heterocycles. The van der Waals surface area contributed by atoms with E-state index in [0.29, 0.717) is 11.1 Å². The maximum Gasteiger partial charge on any atom is 0.101 e. The summed E-state index contributed by atoms with van der Waals surface area (Å²) in [6.07, 6.45) is 0. The van der Waals surface area contributed by atoms with Gasteiger partial charge in [-0.2, -0.15) is 10.5 Å². The Balaban J connectivity index is 1.19. The lowest BCUT2D eigenvalue weighted by Gasteiger charge is -2.19. The Kier molecular flexibility index (Phi) is 6.61. The first-order valence-electron chi connectivity index (χ1n) is 18.3. The van der Waals surface area contributed by atoms with Crippen molar-refractivity contribution in [3.05, 3.63) is 187 Å². The molecular weight excluding hydrogens is 671 g/mol. The molecule has 0 N–H and O–H groups in total. The van der Waals surface area contributed by atoms with Crippen molar-refractivity contribution in [3.8, 4) is 40.3 Å². The SMILES string of the molecule is N#Cc1ccc2c3ccccc3n(-c3c(C#N)cccc3-c3ccccc3-n3c4ccccc4c4cc(-n5c6ccccc6c6ccccc65)ccc43)c2c1. The van der Waals surface area contributed by atoms with Crippen LogP contribution < -0.4 is 0 Å². The third-order valence-electron chi connectivity index (χ3n) is 11.1. The predicted octanol–water partition coefficient (Wildman–Crippen LogP) is 12.4. The molecule has 0 radical (unpaired) electrons. The van der Waals surface area contributed by atoms with Gasteiger partial charge in [0.05, 0.1) is 61.7 Å². The molecule has 11 rings (SSSR count). The highest BCUT2D eigenvalue weighted by Crippen LogP contribution is 2.42. The van der Waals surface area contributed by atoms with Gasteiger partial charge in [-0.25, -0.2) is 0 Å². The molecule has 0 bridgehead atoms. The second-order valence-electron chi connectivity index (χ2n) is 14.0. The number of aromatic nitrogens is 3. The maximum atomic E-state index is 10.7. The first-order valence-corrected chi connectivity index (χ1v) is 18.3. The molecular formula is C50H29N5. The van der Waals surface area contributed by atoms with Crippen LogP contribution >= 0.6 is 0 Å².